The number of rotatable bonds is 4. The first-order valence-corrected chi connectivity index (χ1v) is 7.76. The van der Waals surface area contributed by atoms with Crippen LogP contribution in [-0.2, 0) is 6.54 Å². The Kier molecular flexibility index (Phi) is 4.51. The van der Waals surface area contributed by atoms with Gasteiger partial charge in [-0.2, -0.15) is 0 Å². The number of hydrogen-bond acceptors (Lipinski definition) is 3. The third-order valence-electron chi connectivity index (χ3n) is 4.20. The summed E-state index contributed by atoms with van der Waals surface area (Å²) in [5.74, 6) is 0. The van der Waals surface area contributed by atoms with Crippen LogP contribution in [0.1, 0.15) is 24.1 Å². The van der Waals surface area contributed by atoms with Crippen molar-refractivity contribution in [2.24, 2.45) is 0 Å². The van der Waals surface area contributed by atoms with Crippen molar-refractivity contribution in [3.8, 4) is 0 Å². The smallest absolute Gasteiger partial charge is 0.0603 e. The quantitative estimate of drug-likeness (QED) is 0.930. The highest BCUT2D eigenvalue weighted by atomic mass is 15.1. The molecule has 2 aromatic rings. The number of aromatic nitrogens is 1. The fraction of sp³-hybridized carbons (Fsp3) is 0.389. The van der Waals surface area contributed by atoms with Crippen LogP contribution in [0.15, 0.2) is 48.7 Å². The number of nitrogens with zero attached hydrogens (tertiary/aromatic N) is 2. The van der Waals surface area contributed by atoms with Gasteiger partial charge in [0.15, 0.2) is 0 Å². The highest BCUT2D eigenvalue weighted by molar-refractivity contribution is 5.47. The van der Waals surface area contributed by atoms with Crippen LogP contribution >= 0.6 is 0 Å². The van der Waals surface area contributed by atoms with Crippen molar-refractivity contribution in [3.05, 3.63) is 59.9 Å². The van der Waals surface area contributed by atoms with E-state index in [1.54, 1.807) is 0 Å². The maximum absolute atomic E-state index is 4.34. The molecule has 1 aromatic carbocycles. The van der Waals surface area contributed by atoms with Crippen LogP contribution in [0.4, 0.5) is 5.69 Å². The minimum absolute atomic E-state index is 0.569. The van der Waals surface area contributed by atoms with Crippen LogP contribution in [-0.4, -0.2) is 29.0 Å². The summed E-state index contributed by atoms with van der Waals surface area (Å²) in [5.41, 5.74) is 3.68. The molecule has 0 spiro atoms. The Hall–Kier alpha value is -1.87. The molecule has 110 valence electrons. The van der Waals surface area contributed by atoms with Crippen LogP contribution in [0.3, 0.4) is 0 Å². The van der Waals surface area contributed by atoms with Crippen molar-refractivity contribution in [1.82, 2.24) is 9.88 Å². The Balaban J connectivity index is 1.50. The third kappa shape index (κ3) is 3.82. The van der Waals surface area contributed by atoms with Gasteiger partial charge in [0.1, 0.15) is 0 Å². The van der Waals surface area contributed by atoms with E-state index >= 15 is 0 Å². The molecule has 0 saturated carbocycles. The summed E-state index contributed by atoms with van der Waals surface area (Å²) in [5, 5.41) is 3.64. The molecule has 21 heavy (non-hydrogen) atoms. The largest absolute Gasteiger partial charge is 0.381 e. The molecule has 1 saturated heterocycles. The lowest BCUT2D eigenvalue weighted by molar-refractivity contribution is 0.211. The van der Waals surface area contributed by atoms with Crippen molar-refractivity contribution >= 4 is 5.69 Å². The number of benzene rings is 1. The molecule has 1 aliphatic heterocycles. The molecular formula is C18H23N3. The molecule has 3 nitrogen and oxygen atoms in total. The SMILES string of the molecule is Cc1ncccc1NC1CCN(Cc2ccccc2)CC1. The Morgan fingerprint density at radius 2 is 1.86 bits per heavy atom. The summed E-state index contributed by atoms with van der Waals surface area (Å²) in [6.45, 7) is 5.45. The number of likely N-dealkylation sites (tertiary alicyclic amines) is 1. The maximum Gasteiger partial charge on any atom is 0.0603 e. The van der Waals surface area contributed by atoms with Crippen LogP contribution < -0.4 is 5.32 Å². The number of piperidine rings is 1. The lowest BCUT2D eigenvalue weighted by Gasteiger charge is -2.33. The van der Waals surface area contributed by atoms with Gasteiger partial charge in [0, 0.05) is 31.9 Å². The highest BCUT2D eigenvalue weighted by Gasteiger charge is 2.19. The molecule has 1 fully saturated rings. The molecule has 1 aliphatic rings. The predicted octanol–water partition coefficient (Wildman–Crippen LogP) is 3.47. The zero-order valence-electron chi connectivity index (χ0n) is 12.6. The second-order valence-electron chi connectivity index (χ2n) is 5.82. The van der Waals surface area contributed by atoms with Crippen molar-refractivity contribution in [2.75, 3.05) is 18.4 Å². The Morgan fingerprint density at radius 1 is 1.10 bits per heavy atom. The van der Waals surface area contributed by atoms with Gasteiger partial charge in [-0.05, 0) is 37.5 Å². The van der Waals surface area contributed by atoms with E-state index in [-0.39, 0.29) is 0 Å². The Bertz CT molecular complexity index is 560. The number of aryl methyl sites for hydroxylation is 1. The van der Waals surface area contributed by atoms with Gasteiger partial charge in [-0.25, -0.2) is 0 Å². The summed E-state index contributed by atoms with van der Waals surface area (Å²) in [4.78, 5) is 6.89. The fourth-order valence-electron chi connectivity index (χ4n) is 2.93. The Morgan fingerprint density at radius 3 is 2.57 bits per heavy atom. The van der Waals surface area contributed by atoms with Gasteiger partial charge in [-0.1, -0.05) is 30.3 Å². The molecule has 0 unspecified atom stereocenters. The molecule has 0 aliphatic carbocycles. The molecule has 3 rings (SSSR count). The fourth-order valence-corrected chi connectivity index (χ4v) is 2.93. The van der Waals surface area contributed by atoms with Gasteiger partial charge in [0.05, 0.1) is 11.4 Å². The van der Waals surface area contributed by atoms with E-state index in [1.807, 2.05) is 12.3 Å². The molecular weight excluding hydrogens is 258 g/mol. The van der Waals surface area contributed by atoms with Crippen LogP contribution in [0.25, 0.3) is 0 Å². The first-order valence-electron chi connectivity index (χ1n) is 7.76. The second kappa shape index (κ2) is 6.72. The normalized spacial score (nSPS) is 16.8. The zero-order valence-corrected chi connectivity index (χ0v) is 12.6. The van der Waals surface area contributed by atoms with E-state index < -0.39 is 0 Å². The number of hydrogen-bond donors (Lipinski definition) is 1. The lowest BCUT2D eigenvalue weighted by Crippen LogP contribution is -2.38. The first-order chi connectivity index (χ1) is 10.3. The second-order valence-corrected chi connectivity index (χ2v) is 5.82. The Labute approximate surface area is 127 Å². The van der Waals surface area contributed by atoms with Crippen molar-refractivity contribution in [2.45, 2.75) is 32.4 Å². The summed E-state index contributed by atoms with van der Waals surface area (Å²) in [6, 6.07) is 15.4. The van der Waals surface area contributed by atoms with E-state index in [9.17, 15) is 0 Å². The number of anilines is 1. The van der Waals surface area contributed by atoms with Gasteiger partial charge in [-0.3, -0.25) is 9.88 Å². The number of nitrogens with one attached hydrogen (secondary N) is 1. The van der Waals surface area contributed by atoms with E-state index in [2.05, 4.69) is 58.5 Å². The summed E-state index contributed by atoms with van der Waals surface area (Å²) < 4.78 is 0. The highest BCUT2D eigenvalue weighted by Crippen LogP contribution is 2.19. The van der Waals surface area contributed by atoms with E-state index in [4.69, 9.17) is 0 Å². The minimum atomic E-state index is 0.569. The molecule has 0 amide bonds. The topological polar surface area (TPSA) is 28.2 Å². The average Bonchev–Trinajstić information content (AvgIpc) is 2.52. The maximum atomic E-state index is 4.34. The molecule has 3 heteroatoms. The molecule has 0 bridgehead atoms. The molecule has 1 N–H and O–H groups in total. The lowest BCUT2D eigenvalue weighted by atomic mass is 10.0. The van der Waals surface area contributed by atoms with Crippen LogP contribution in [0.5, 0.6) is 0 Å². The van der Waals surface area contributed by atoms with Gasteiger partial charge < -0.3 is 5.32 Å². The minimum Gasteiger partial charge on any atom is -0.381 e. The third-order valence-corrected chi connectivity index (χ3v) is 4.20. The summed E-state index contributed by atoms with van der Waals surface area (Å²) >= 11 is 0. The van der Waals surface area contributed by atoms with Crippen LogP contribution in [0.2, 0.25) is 0 Å². The van der Waals surface area contributed by atoms with Crippen LogP contribution in [0, 0.1) is 6.92 Å². The first kappa shape index (κ1) is 14.1. The molecule has 1 aromatic heterocycles. The van der Waals surface area contributed by atoms with Gasteiger partial charge in [-0.15, -0.1) is 0 Å². The van der Waals surface area contributed by atoms with Gasteiger partial charge in [0.25, 0.3) is 0 Å². The van der Waals surface area contributed by atoms with E-state index in [1.165, 1.54) is 24.1 Å². The average molecular weight is 281 g/mol. The zero-order chi connectivity index (χ0) is 14.5. The summed E-state index contributed by atoms with van der Waals surface area (Å²) in [7, 11) is 0. The molecule has 2 heterocycles. The monoisotopic (exact) mass is 281 g/mol. The summed E-state index contributed by atoms with van der Waals surface area (Å²) in [6.07, 6.45) is 4.24. The standard InChI is InChI=1S/C18H23N3/c1-15-18(8-5-11-19-15)20-17-9-12-21(13-10-17)14-16-6-3-2-4-7-16/h2-8,11,17,20H,9-10,12-14H2,1H3. The van der Waals surface area contributed by atoms with Gasteiger partial charge >= 0.3 is 0 Å². The number of pyridine rings is 1. The van der Waals surface area contributed by atoms with Gasteiger partial charge in [0.2, 0.25) is 0 Å². The molecule has 0 radical (unpaired) electrons. The van der Waals surface area contributed by atoms with Crippen molar-refractivity contribution in [1.29, 1.82) is 0 Å². The van der Waals surface area contributed by atoms with E-state index in [0.29, 0.717) is 6.04 Å². The predicted molar refractivity (Wildman–Crippen MR) is 87.3 cm³/mol. The van der Waals surface area contributed by atoms with Crippen molar-refractivity contribution < 1.29 is 0 Å². The molecule has 0 atom stereocenters. The van der Waals surface area contributed by atoms with Crippen molar-refractivity contribution in [3.63, 3.8) is 0 Å². The van der Waals surface area contributed by atoms with E-state index in [0.717, 1.165) is 25.3 Å².